The first-order chi connectivity index (χ1) is 9.67. The monoisotopic (exact) mass is 284 g/mol. The van der Waals surface area contributed by atoms with Gasteiger partial charge in [0.15, 0.2) is 0 Å². The van der Waals surface area contributed by atoms with E-state index < -0.39 is 0 Å². The lowest BCUT2D eigenvalue weighted by atomic mass is 9.97. The molecule has 0 bridgehead atoms. The third kappa shape index (κ3) is 10.3. The third-order valence-electron chi connectivity index (χ3n) is 4.30. The molecule has 0 heterocycles. The summed E-state index contributed by atoms with van der Waals surface area (Å²) in [6.07, 6.45) is 11.3. The molecule has 0 aromatic carbocycles. The number of hydrogen-bond donors (Lipinski definition) is 0. The summed E-state index contributed by atoms with van der Waals surface area (Å²) in [5.41, 5.74) is 0. The van der Waals surface area contributed by atoms with Crippen molar-refractivity contribution < 1.29 is 9.53 Å². The standard InChI is InChI=1S/C18H36O2/c1-5-9-10-12-17(11-6-2)15-20-18(19)14-13-16(7-3)8-4/h16-17H,5-15H2,1-4H3. The predicted octanol–water partition coefficient (Wildman–Crippen LogP) is 5.74. The second-order valence-corrected chi connectivity index (χ2v) is 6.05. The van der Waals surface area contributed by atoms with E-state index in [2.05, 4.69) is 27.7 Å². The first-order valence-corrected chi connectivity index (χ1v) is 8.83. The minimum absolute atomic E-state index is 0.00787. The Labute approximate surface area is 126 Å². The Kier molecular flexibility index (Phi) is 13.1. The Morgan fingerprint density at radius 1 is 0.850 bits per heavy atom. The van der Waals surface area contributed by atoms with Crippen LogP contribution in [0.3, 0.4) is 0 Å². The fourth-order valence-corrected chi connectivity index (χ4v) is 2.70. The van der Waals surface area contributed by atoms with Crippen LogP contribution < -0.4 is 0 Å². The number of carbonyl (C=O) groups excluding carboxylic acids is 1. The molecular weight excluding hydrogens is 248 g/mol. The van der Waals surface area contributed by atoms with Gasteiger partial charge in [-0.2, -0.15) is 0 Å². The lowest BCUT2D eigenvalue weighted by molar-refractivity contribution is -0.145. The van der Waals surface area contributed by atoms with E-state index in [9.17, 15) is 4.79 Å². The predicted molar refractivity (Wildman–Crippen MR) is 86.8 cm³/mol. The summed E-state index contributed by atoms with van der Waals surface area (Å²) >= 11 is 0. The van der Waals surface area contributed by atoms with Gasteiger partial charge in [0.1, 0.15) is 0 Å². The second kappa shape index (κ2) is 13.5. The van der Waals surface area contributed by atoms with Gasteiger partial charge in [-0.15, -0.1) is 0 Å². The number of rotatable bonds is 13. The molecule has 1 unspecified atom stereocenters. The number of carbonyl (C=O) groups is 1. The maximum Gasteiger partial charge on any atom is 0.305 e. The quantitative estimate of drug-likeness (QED) is 0.318. The Balaban J connectivity index is 3.85. The van der Waals surface area contributed by atoms with Gasteiger partial charge < -0.3 is 4.74 Å². The highest BCUT2D eigenvalue weighted by Crippen LogP contribution is 2.18. The fourth-order valence-electron chi connectivity index (χ4n) is 2.70. The zero-order valence-electron chi connectivity index (χ0n) is 14.2. The van der Waals surface area contributed by atoms with Crippen LogP contribution in [-0.2, 0) is 9.53 Å². The van der Waals surface area contributed by atoms with Gasteiger partial charge in [-0.1, -0.05) is 66.2 Å². The van der Waals surface area contributed by atoms with Crippen LogP contribution in [0.5, 0.6) is 0 Å². The van der Waals surface area contributed by atoms with Crippen molar-refractivity contribution in [1.82, 2.24) is 0 Å². The van der Waals surface area contributed by atoms with Gasteiger partial charge in [-0.05, 0) is 31.1 Å². The van der Waals surface area contributed by atoms with Crippen LogP contribution in [0.1, 0.15) is 91.9 Å². The average Bonchev–Trinajstić information content (AvgIpc) is 2.46. The fraction of sp³-hybridized carbons (Fsp3) is 0.944. The van der Waals surface area contributed by atoms with Gasteiger partial charge in [-0.3, -0.25) is 4.79 Å². The zero-order valence-corrected chi connectivity index (χ0v) is 14.2. The van der Waals surface area contributed by atoms with Gasteiger partial charge in [0, 0.05) is 6.42 Å². The Hall–Kier alpha value is -0.530. The molecule has 0 rings (SSSR count). The highest BCUT2D eigenvalue weighted by molar-refractivity contribution is 5.69. The van der Waals surface area contributed by atoms with Crippen LogP contribution in [0.15, 0.2) is 0 Å². The second-order valence-electron chi connectivity index (χ2n) is 6.05. The molecule has 1 atom stereocenters. The average molecular weight is 284 g/mol. The van der Waals surface area contributed by atoms with Crippen molar-refractivity contribution in [3.05, 3.63) is 0 Å². The van der Waals surface area contributed by atoms with Crippen molar-refractivity contribution in [2.45, 2.75) is 91.9 Å². The smallest absolute Gasteiger partial charge is 0.305 e. The van der Waals surface area contributed by atoms with Crippen LogP contribution in [0.2, 0.25) is 0 Å². The molecule has 0 saturated heterocycles. The van der Waals surface area contributed by atoms with E-state index in [0.29, 0.717) is 24.9 Å². The number of esters is 1. The van der Waals surface area contributed by atoms with Gasteiger partial charge in [0.05, 0.1) is 6.61 Å². The van der Waals surface area contributed by atoms with Crippen molar-refractivity contribution in [2.75, 3.05) is 6.61 Å². The van der Waals surface area contributed by atoms with Crippen LogP contribution in [-0.4, -0.2) is 12.6 Å². The first kappa shape index (κ1) is 19.5. The molecule has 0 aromatic rings. The van der Waals surface area contributed by atoms with Gasteiger partial charge in [0.25, 0.3) is 0 Å². The summed E-state index contributed by atoms with van der Waals surface area (Å²) in [6, 6.07) is 0. The third-order valence-corrected chi connectivity index (χ3v) is 4.30. The topological polar surface area (TPSA) is 26.3 Å². The number of ether oxygens (including phenoxy) is 1. The molecule has 0 aliphatic rings. The van der Waals surface area contributed by atoms with Crippen LogP contribution >= 0.6 is 0 Å². The van der Waals surface area contributed by atoms with Gasteiger partial charge in [-0.25, -0.2) is 0 Å². The molecule has 2 heteroatoms. The molecule has 0 radical (unpaired) electrons. The molecule has 120 valence electrons. The molecule has 0 spiro atoms. The minimum Gasteiger partial charge on any atom is -0.465 e. The summed E-state index contributed by atoms with van der Waals surface area (Å²) in [4.78, 5) is 11.8. The normalized spacial score (nSPS) is 12.7. The largest absolute Gasteiger partial charge is 0.465 e. The van der Waals surface area contributed by atoms with Crippen LogP contribution in [0.4, 0.5) is 0 Å². The van der Waals surface area contributed by atoms with Crippen molar-refractivity contribution >= 4 is 5.97 Å². The summed E-state index contributed by atoms with van der Waals surface area (Å²) < 4.78 is 5.49. The Morgan fingerprint density at radius 3 is 2.10 bits per heavy atom. The molecule has 0 fully saturated rings. The summed E-state index contributed by atoms with van der Waals surface area (Å²) in [5.74, 6) is 1.26. The summed E-state index contributed by atoms with van der Waals surface area (Å²) in [6.45, 7) is 9.47. The van der Waals surface area contributed by atoms with E-state index in [0.717, 1.165) is 6.42 Å². The van der Waals surface area contributed by atoms with E-state index in [1.54, 1.807) is 0 Å². The van der Waals surface area contributed by atoms with E-state index in [-0.39, 0.29) is 5.97 Å². The molecule has 0 saturated carbocycles. The molecule has 0 amide bonds. The Morgan fingerprint density at radius 2 is 1.55 bits per heavy atom. The number of hydrogen-bond acceptors (Lipinski definition) is 2. The summed E-state index contributed by atoms with van der Waals surface area (Å²) in [5, 5.41) is 0. The molecule has 2 nitrogen and oxygen atoms in total. The van der Waals surface area contributed by atoms with Crippen LogP contribution in [0, 0.1) is 11.8 Å². The van der Waals surface area contributed by atoms with E-state index >= 15 is 0 Å². The molecule has 0 aromatic heterocycles. The summed E-state index contributed by atoms with van der Waals surface area (Å²) in [7, 11) is 0. The lowest BCUT2D eigenvalue weighted by Crippen LogP contribution is -2.15. The van der Waals surface area contributed by atoms with E-state index in [1.807, 2.05) is 0 Å². The highest BCUT2D eigenvalue weighted by atomic mass is 16.5. The maximum atomic E-state index is 11.8. The number of unbranched alkanes of at least 4 members (excludes halogenated alkanes) is 2. The molecule has 0 N–H and O–H groups in total. The molecule has 20 heavy (non-hydrogen) atoms. The highest BCUT2D eigenvalue weighted by Gasteiger charge is 2.12. The van der Waals surface area contributed by atoms with Crippen molar-refractivity contribution in [3.63, 3.8) is 0 Å². The minimum atomic E-state index is 0.00787. The maximum absolute atomic E-state index is 11.8. The zero-order chi connectivity index (χ0) is 15.2. The van der Waals surface area contributed by atoms with E-state index in [1.165, 1.54) is 51.4 Å². The van der Waals surface area contributed by atoms with Crippen molar-refractivity contribution in [3.8, 4) is 0 Å². The van der Waals surface area contributed by atoms with Crippen molar-refractivity contribution in [1.29, 1.82) is 0 Å². The SMILES string of the molecule is CCCCCC(CCC)COC(=O)CCC(CC)CC. The van der Waals surface area contributed by atoms with Crippen molar-refractivity contribution in [2.24, 2.45) is 11.8 Å². The van der Waals surface area contributed by atoms with Gasteiger partial charge in [0.2, 0.25) is 0 Å². The van der Waals surface area contributed by atoms with Crippen LogP contribution in [0.25, 0.3) is 0 Å². The molecular formula is C18H36O2. The Bertz CT molecular complexity index is 221. The molecule has 0 aliphatic carbocycles. The first-order valence-electron chi connectivity index (χ1n) is 8.83. The molecule has 0 aliphatic heterocycles. The van der Waals surface area contributed by atoms with E-state index in [4.69, 9.17) is 4.74 Å². The van der Waals surface area contributed by atoms with Gasteiger partial charge >= 0.3 is 5.97 Å². The lowest BCUT2D eigenvalue weighted by Gasteiger charge is -2.17.